The number of nitrogens with zero attached hydrogens (tertiary/aromatic N) is 3. The van der Waals surface area contributed by atoms with E-state index < -0.39 is 0 Å². The molecule has 1 N–H and O–H groups in total. The predicted molar refractivity (Wildman–Crippen MR) is 88.4 cm³/mol. The van der Waals surface area contributed by atoms with E-state index in [0.29, 0.717) is 17.0 Å². The Balaban J connectivity index is 2.09. The molecule has 0 radical (unpaired) electrons. The van der Waals surface area contributed by atoms with E-state index >= 15 is 0 Å². The first-order chi connectivity index (χ1) is 9.91. The summed E-state index contributed by atoms with van der Waals surface area (Å²) < 4.78 is 2.05. The quantitative estimate of drug-likeness (QED) is 0.906. The maximum Gasteiger partial charge on any atom is 0.0536 e. The second-order valence-corrected chi connectivity index (χ2v) is 7.45. The van der Waals surface area contributed by atoms with Gasteiger partial charge in [0.1, 0.15) is 0 Å². The Morgan fingerprint density at radius 1 is 1.24 bits per heavy atom. The number of piperazine rings is 1. The molecule has 1 saturated heterocycles. The van der Waals surface area contributed by atoms with Crippen molar-refractivity contribution >= 4 is 0 Å². The Bertz CT molecular complexity index is 414. The number of hydrogen-bond donors (Lipinski definition) is 1. The van der Waals surface area contributed by atoms with E-state index in [-0.39, 0.29) is 0 Å². The molecule has 1 atom stereocenters. The van der Waals surface area contributed by atoms with Gasteiger partial charge in [0.05, 0.1) is 6.54 Å². The van der Waals surface area contributed by atoms with Crippen LogP contribution in [0.4, 0.5) is 0 Å². The first-order valence-electron chi connectivity index (χ1n) is 8.37. The Morgan fingerprint density at radius 3 is 2.48 bits per heavy atom. The molecule has 2 heterocycles. The van der Waals surface area contributed by atoms with Crippen LogP contribution in [0.25, 0.3) is 0 Å². The molecule has 1 unspecified atom stereocenters. The number of aromatic nitrogens is 2. The van der Waals surface area contributed by atoms with Crippen LogP contribution in [0.5, 0.6) is 0 Å². The predicted octanol–water partition coefficient (Wildman–Crippen LogP) is 2.76. The van der Waals surface area contributed by atoms with Gasteiger partial charge < -0.3 is 5.32 Å². The smallest absolute Gasteiger partial charge is 0.0536 e. The molecule has 4 nitrogen and oxygen atoms in total. The van der Waals surface area contributed by atoms with Gasteiger partial charge >= 0.3 is 0 Å². The highest BCUT2D eigenvalue weighted by molar-refractivity contribution is 5.00. The second kappa shape index (κ2) is 6.49. The van der Waals surface area contributed by atoms with Crippen LogP contribution in [0.15, 0.2) is 18.5 Å². The SMILES string of the molecule is CCC1(CC)CNC(C(C)(C)C)CN1CCn1cccn1. The van der Waals surface area contributed by atoms with Crippen LogP contribution >= 0.6 is 0 Å². The summed E-state index contributed by atoms with van der Waals surface area (Å²) >= 11 is 0. The summed E-state index contributed by atoms with van der Waals surface area (Å²) in [6, 6.07) is 2.56. The summed E-state index contributed by atoms with van der Waals surface area (Å²) in [5.74, 6) is 0. The molecule has 0 aliphatic carbocycles. The average molecular weight is 292 g/mol. The standard InChI is InChI=1S/C17H32N4/c1-6-17(7-2)14-18-15(16(3,4)5)13-20(17)11-12-21-10-8-9-19-21/h8-10,15,18H,6-7,11-14H2,1-5H3. The molecule has 0 aromatic carbocycles. The van der Waals surface area contributed by atoms with E-state index in [2.05, 4.69) is 56.1 Å². The lowest BCUT2D eigenvalue weighted by Crippen LogP contribution is -2.67. The van der Waals surface area contributed by atoms with E-state index in [4.69, 9.17) is 0 Å². The van der Waals surface area contributed by atoms with Gasteiger partial charge in [0.2, 0.25) is 0 Å². The van der Waals surface area contributed by atoms with E-state index in [1.54, 1.807) is 0 Å². The summed E-state index contributed by atoms with van der Waals surface area (Å²) in [6.45, 7) is 15.9. The third-order valence-electron chi connectivity index (χ3n) is 5.27. The molecule has 0 saturated carbocycles. The van der Waals surface area contributed by atoms with E-state index in [1.165, 1.54) is 12.8 Å². The lowest BCUT2D eigenvalue weighted by Gasteiger charge is -2.52. The van der Waals surface area contributed by atoms with Crippen molar-refractivity contribution in [2.45, 2.75) is 65.6 Å². The van der Waals surface area contributed by atoms with Gasteiger partial charge in [-0.05, 0) is 24.3 Å². The molecule has 1 aliphatic heterocycles. The van der Waals surface area contributed by atoms with Crippen molar-refractivity contribution in [1.82, 2.24) is 20.0 Å². The van der Waals surface area contributed by atoms with Crippen LogP contribution in [0, 0.1) is 5.41 Å². The van der Waals surface area contributed by atoms with Gasteiger partial charge in [0.25, 0.3) is 0 Å². The van der Waals surface area contributed by atoms with Crippen LogP contribution in [-0.4, -0.2) is 45.9 Å². The Morgan fingerprint density at radius 2 is 1.95 bits per heavy atom. The molecule has 2 rings (SSSR count). The van der Waals surface area contributed by atoms with E-state index in [1.807, 2.05) is 16.9 Å². The molecule has 4 heteroatoms. The molecule has 1 aliphatic rings. The van der Waals surface area contributed by atoms with Crippen molar-refractivity contribution in [2.75, 3.05) is 19.6 Å². The summed E-state index contributed by atoms with van der Waals surface area (Å²) in [4.78, 5) is 2.71. The molecule has 1 fully saturated rings. The van der Waals surface area contributed by atoms with Gasteiger partial charge in [-0.1, -0.05) is 34.6 Å². The van der Waals surface area contributed by atoms with Crippen LogP contribution < -0.4 is 5.32 Å². The molecule has 1 aromatic rings. The van der Waals surface area contributed by atoms with Crippen LogP contribution in [0.3, 0.4) is 0 Å². The summed E-state index contributed by atoms with van der Waals surface area (Å²) in [6.07, 6.45) is 6.32. The minimum absolute atomic E-state index is 0.300. The first kappa shape index (κ1) is 16.5. The molecule has 1 aromatic heterocycles. The van der Waals surface area contributed by atoms with Crippen LogP contribution in [-0.2, 0) is 6.54 Å². The van der Waals surface area contributed by atoms with Crippen molar-refractivity contribution < 1.29 is 0 Å². The van der Waals surface area contributed by atoms with Crippen molar-refractivity contribution in [2.24, 2.45) is 5.41 Å². The lowest BCUT2D eigenvalue weighted by molar-refractivity contribution is 0.00492. The van der Waals surface area contributed by atoms with Crippen LogP contribution in [0.2, 0.25) is 0 Å². The second-order valence-electron chi connectivity index (χ2n) is 7.45. The molecular weight excluding hydrogens is 260 g/mol. The third kappa shape index (κ3) is 3.67. The highest BCUT2D eigenvalue weighted by Crippen LogP contribution is 2.31. The fourth-order valence-corrected chi connectivity index (χ4v) is 3.42. The monoisotopic (exact) mass is 292 g/mol. The van der Waals surface area contributed by atoms with Crippen molar-refractivity contribution in [1.29, 1.82) is 0 Å². The molecule has 0 bridgehead atoms. The third-order valence-corrected chi connectivity index (χ3v) is 5.27. The highest BCUT2D eigenvalue weighted by Gasteiger charge is 2.41. The molecule has 0 amide bonds. The first-order valence-corrected chi connectivity index (χ1v) is 8.37. The van der Waals surface area contributed by atoms with E-state index in [9.17, 15) is 0 Å². The van der Waals surface area contributed by atoms with Crippen molar-refractivity contribution in [3.8, 4) is 0 Å². The van der Waals surface area contributed by atoms with E-state index in [0.717, 1.165) is 26.2 Å². The average Bonchev–Trinajstić information content (AvgIpc) is 2.97. The van der Waals surface area contributed by atoms with Gasteiger partial charge in [-0.15, -0.1) is 0 Å². The highest BCUT2D eigenvalue weighted by atomic mass is 15.3. The topological polar surface area (TPSA) is 33.1 Å². The fraction of sp³-hybridized carbons (Fsp3) is 0.824. The molecular formula is C17H32N4. The van der Waals surface area contributed by atoms with Crippen LogP contribution in [0.1, 0.15) is 47.5 Å². The van der Waals surface area contributed by atoms with Gasteiger partial charge in [-0.25, -0.2) is 0 Å². The zero-order chi connectivity index (χ0) is 15.5. The number of hydrogen-bond acceptors (Lipinski definition) is 3. The van der Waals surface area contributed by atoms with Gasteiger partial charge in [0.15, 0.2) is 0 Å². The summed E-state index contributed by atoms with van der Waals surface area (Å²) in [5.41, 5.74) is 0.604. The molecule has 120 valence electrons. The maximum atomic E-state index is 4.34. The fourth-order valence-electron chi connectivity index (χ4n) is 3.42. The Hall–Kier alpha value is -0.870. The van der Waals surface area contributed by atoms with Crippen molar-refractivity contribution in [3.63, 3.8) is 0 Å². The zero-order valence-corrected chi connectivity index (χ0v) is 14.4. The van der Waals surface area contributed by atoms with Gasteiger partial charge in [-0.3, -0.25) is 9.58 Å². The molecule has 0 spiro atoms. The molecule has 21 heavy (non-hydrogen) atoms. The van der Waals surface area contributed by atoms with Gasteiger partial charge in [0, 0.05) is 43.6 Å². The minimum atomic E-state index is 0.300. The lowest BCUT2D eigenvalue weighted by atomic mass is 9.80. The minimum Gasteiger partial charge on any atom is -0.310 e. The largest absolute Gasteiger partial charge is 0.310 e. The normalized spacial score (nSPS) is 23.4. The Kier molecular flexibility index (Phi) is 5.10. The van der Waals surface area contributed by atoms with Gasteiger partial charge in [-0.2, -0.15) is 5.10 Å². The number of nitrogens with one attached hydrogen (secondary N) is 1. The summed E-state index contributed by atoms with van der Waals surface area (Å²) in [7, 11) is 0. The maximum absolute atomic E-state index is 4.34. The summed E-state index contributed by atoms with van der Waals surface area (Å²) in [5, 5.41) is 8.15. The zero-order valence-electron chi connectivity index (χ0n) is 14.4. The Labute approximate surface area is 129 Å². The number of rotatable bonds is 5. The van der Waals surface area contributed by atoms with Crippen molar-refractivity contribution in [3.05, 3.63) is 18.5 Å².